The van der Waals surface area contributed by atoms with Gasteiger partial charge in [-0.1, -0.05) is 29.8 Å². The summed E-state index contributed by atoms with van der Waals surface area (Å²) in [6.07, 6.45) is 2.37. The number of hydrogen-bond acceptors (Lipinski definition) is 3. The summed E-state index contributed by atoms with van der Waals surface area (Å²) in [6.45, 7) is 8.06. The second-order valence-electron chi connectivity index (χ2n) is 8.18. The number of likely N-dealkylation sites (tertiary alicyclic amines) is 1. The molecule has 0 radical (unpaired) electrons. The maximum absolute atomic E-state index is 12.4. The average Bonchev–Trinajstić information content (AvgIpc) is 2.59. The van der Waals surface area contributed by atoms with E-state index in [1.165, 1.54) is 11.1 Å². The number of piperidine rings is 1. The highest BCUT2D eigenvalue weighted by atomic mass is 32.2. The van der Waals surface area contributed by atoms with Crippen LogP contribution in [0.25, 0.3) is 0 Å². The largest absolute Gasteiger partial charge is 0.335 e. The van der Waals surface area contributed by atoms with Crippen LogP contribution in [0.2, 0.25) is 0 Å². The zero-order valence-corrected chi connectivity index (χ0v) is 17.3. The van der Waals surface area contributed by atoms with Crippen molar-refractivity contribution in [3.63, 3.8) is 0 Å². The summed E-state index contributed by atoms with van der Waals surface area (Å²) < 4.78 is 26.0. The first kappa shape index (κ1) is 20.1. The Labute approximate surface area is 163 Å². The highest BCUT2D eigenvalue weighted by molar-refractivity contribution is 7.89. The fraction of sp³-hybridized carbons (Fsp3) is 0.650. The number of amides is 2. The predicted molar refractivity (Wildman–Crippen MR) is 107 cm³/mol. The third-order valence-electron chi connectivity index (χ3n) is 5.63. The smallest absolute Gasteiger partial charge is 0.317 e. The first-order valence-electron chi connectivity index (χ1n) is 9.85. The molecule has 3 rings (SSSR count). The molecule has 2 aliphatic heterocycles. The van der Waals surface area contributed by atoms with Crippen LogP contribution >= 0.6 is 0 Å². The molecular formula is C20H31N3O3S. The van der Waals surface area contributed by atoms with Crippen LogP contribution in [-0.2, 0) is 16.4 Å². The number of nitrogens with zero attached hydrogens (tertiary/aromatic N) is 2. The summed E-state index contributed by atoms with van der Waals surface area (Å²) in [5, 5.41) is 2.69. The van der Waals surface area contributed by atoms with E-state index in [2.05, 4.69) is 36.5 Å². The Bertz CT molecular complexity index is 747. The molecule has 2 fully saturated rings. The van der Waals surface area contributed by atoms with E-state index in [1.54, 1.807) is 18.2 Å². The van der Waals surface area contributed by atoms with Crippen LogP contribution in [0, 0.1) is 12.8 Å². The Balaban J connectivity index is 1.39. The van der Waals surface area contributed by atoms with Crippen molar-refractivity contribution in [2.24, 2.45) is 5.92 Å². The molecule has 0 saturated carbocycles. The second kappa shape index (κ2) is 8.19. The van der Waals surface area contributed by atoms with E-state index >= 15 is 0 Å². The summed E-state index contributed by atoms with van der Waals surface area (Å²) in [6, 6.07) is 8.63. The Hall–Kier alpha value is -1.60. The van der Waals surface area contributed by atoms with Crippen LogP contribution in [0.5, 0.6) is 0 Å². The Kier molecular flexibility index (Phi) is 6.11. The summed E-state index contributed by atoms with van der Waals surface area (Å²) in [5.74, 6) is 0.525. The summed E-state index contributed by atoms with van der Waals surface area (Å²) in [4.78, 5) is 14.3. The Morgan fingerprint density at radius 3 is 2.30 bits per heavy atom. The number of rotatable bonds is 5. The van der Waals surface area contributed by atoms with Gasteiger partial charge in [0.15, 0.2) is 0 Å². The van der Waals surface area contributed by atoms with Crippen LogP contribution in [0.4, 0.5) is 4.79 Å². The van der Waals surface area contributed by atoms with Crippen molar-refractivity contribution in [2.75, 3.05) is 26.2 Å². The standard InChI is InChI=1S/C20H31N3O3S/c1-15(2)27(25,26)23-10-8-19(9-11-23)21-20(24)22-13-18(14-22)12-17-6-4-16(3)5-7-17/h4-7,15,18-19H,8-14H2,1-3H3,(H,21,24). The van der Waals surface area contributed by atoms with Crippen molar-refractivity contribution in [1.29, 1.82) is 0 Å². The van der Waals surface area contributed by atoms with Crippen molar-refractivity contribution in [3.05, 3.63) is 35.4 Å². The lowest BCUT2D eigenvalue weighted by atomic mass is 9.92. The third kappa shape index (κ3) is 4.82. The number of hydrogen-bond donors (Lipinski definition) is 1. The van der Waals surface area contributed by atoms with Crippen LogP contribution in [0.1, 0.15) is 37.8 Å². The fourth-order valence-electron chi connectivity index (χ4n) is 3.74. The molecule has 7 heteroatoms. The van der Waals surface area contributed by atoms with E-state index in [0.717, 1.165) is 19.5 Å². The minimum absolute atomic E-state index is 0.0136. The fourth-order valence-corrected chi connectivity index (χ4v) is 5.06. The Morgan fingerprint density at radius 2 is 1.74 bits per heavy atom. The normalized spacial score (nSPS) is 19.9. The van der Waals surface area contributed by atoms with Gasteiger partial charge in [0.05, 0.1) is 5.25 Å². The average molecular weight is 394 g/mol. The molecule has 27 heavy (non-hydrogen) atoms. The van der Waals surface area contributed by atoms with Gasteiger partial charge in [-0.3, -0.25) is 0 Å². The van der Waals surface area contributed by atoms with Gasteiger partial charge in [0, 0.05) is 32.2 Å². The number of carbonyl (C=O) groups is 1. The second-order valence-corrected chi connectivity index (χ2v) is 10.7. The number of urea groups is 1. The van der Waals surface area contributed by atoms with E-state index in [0.29, 0.717) is 31.8 Å². The maximum Gasteiger partial charge on any atom is 0.317 e. The molecule has 1 aromatic carbocycles. The summed E-state index contributed by atoms with van der Waals surface area (Å²) in [7, 11) is -3.19. The molecule has 0 aliphatic carbocycles. The number of sulfonamides is 1. The molecule has 0 spiro atoms. The molecule has 150 valence electrons. The molecule has 6 nitrogen and oxygen atoms in total. The first-order valence-corrected chi connectivity index (χ1v) is 11.4. The maximum atomic E-state index is 12.4. The molecule has 0 bridgehead atoms. The quantitative estimate of drug-likeness (QED) is 0.835. The van der Waals surface area contributed by atoms with Crippen molar-refractivity contribution < 1.29 is 13.2 Å². The monoisotopic (exact) mass is 393 g/mol. The number of carbonyl (C=O) groups excluding carboxylic acids is 1. The third-order valence-corrected chi connectivity index (χ3v) is 7.90. The lowest BCUT2D eigenvalue weighted by molar-refractivity contribution is 0.115. The van der Waals surface area contributed by atoms with Gasteiger partial charge in [-0.05, 0) is 51.5 Å². The summed E-state index contributed by atoms with van der Waals surface area (Å²) in [5.41, 5.74) is 2.59. The van der Waals surface area contributed by atoms with E-state index in [4.69, 9.17) is 0 Å². The van der Waals surface area contributed by atoms with Crippen LogP contribution in [-0.4, -0.2) is 61.1 Å². The SMILES string of the molecule is Cc1ccc(CC2CN(C(=O)NC3CCN(S(=O)(=O)C(C)C)CC3)C2)cc1. The zero-order chi connectivity index (χ0) is 19.6. The minimum Gasteiger partial charge on any atom is -0.335 e. The lowest BCUT2D eigenvalue weighted by Gasteiger charge is -2.41. The molecule has 0 unspecified atom stereocenters. The van der Waals surface area contributed by atoms with Crippen molar-refractivity contribution in [2.45, 2.75) is 51.3 Å². The molecule has 2 amide bonds. The van der Waals surface area contributed by atoms with Gasteiger partial charge in [0.1, 0.15) is 0 Å². The van der Waals surface area contributed by atoms with Gasteiger partial charge in [0.25, 0.3) is 0 Å². The molecule has 1 aromatic rings. The number of nitrogens with one attached hydrogen (secondary N) is 1. The molecule has 2 saturated heterocycles. The highest BCUT2D eigenvalue weighted by Crippen LogP contribution is 2.22. The molecule has 0 aromatic heterocycles. The number of aryl methyl sites for hydroxylation is 1. The van der Waals surface area contributed by atoms with Gasteiger partial charge >= 0.3 is 6.03 Å². The van der Waals surface area contributed by atoms with Crippen molar-refractivity contribution >= 4 is 16.1 Å². The van der Waals surface area contributed by atoms with Gasteiger partial charge < -0.3 is 10.2 Å². The lowest BCUT2D eigenvalue weighted by Crippen LogP contribution is -2.57. The van der Waals surface area contributed by atoms with E-state index in [-0.39, 0.29) is 12.1 Å². The van der Waals surface area contributed by atoms with Crippen molar-refractivity contribution in [3.8, 4) is 0 Å². The van der Waals surface area contributed by atoms with Gasteiger partial charge in [-0.25, -0.2) is 17.5 Å². The van der Waals surface area contributed by atoms with Crippen LogP contribution in [0.15, 0.2) is 24.3 Å². The Morgan fingerprint density at radius 1 is 1.15 bits per heavy atom. The van der Waals surface area contributed by atoms with E-state index < -0.39 is 15.3 Å². The molecule has 1 N–H and O–H groups in total. The molecule has 0 atom stereocenters. The zero-order valence-electron chi connectivity index (χ0n) is 16.5. The first-order chi connectivity index (χ1) is 12.8. The molecule has 2 aliphatic rings. The van der Waals surface area contributed by atoms with E-state index in [1.807, 2.05) is 4.90 Å². The van der Waals surface area contributed by atoms with Crippen LogP contribution < -0.4 is 5.32 Å². The van der Waals surface area contributed by atoms with Gasteiger partial charge in [0.2, 0.25) is 10.0 Å². The van der Waals surface area contributed by atoms with Crippen molar-refractivity contribution in [1.82, 2.24) is 14.5 Å². The summed E-state index contributed by atoms with van der Waals surface area (Å²) >= 11 is 0. The highest BCUT2D eigenvalue weighted by Gasteiger charge is 2.34. The van der Waals surface area contributed by atoms with Gasteiger partial charge in [-0.2, -0.15) is 0 Å². The molecule has 2 heterocycles. The minimum atomic E-state index is -3.19. The predicted octanol–water partition coefficient (Wildman–Crippen LogP) is 2.38. The number of benzene rings is 1. The van der Waals surface area contributed by atoms with E-state index in [9.17, 15) is 13.2 Å². The topological polar surface area (TPSA) is 69.7 Å². The molecular weight excluding hydrogens is 362 g/mol. The van der Waals surface area contributed by atoms with Gasteiger partial charge in [-0.15, -0.1) is 0 Å². The van der Waals surface area contributed by atoms with Crippen LogP contribution in [0.3, 0.4) is 0 Å².